The third kappa shape index (κ3) is 4.27. The monoisotopic (exact) mass is 453 g/mol. The zero-order valence-corrected chi connectivity index (χ0v) is 20.0. The molecule has 1 aliphatic rings. The molecule has 1 unspecified atom stereocenters. The summed E-state index contributed by atoms with van der Waals surface area (Å²) in [6, 6.07) is 8.15. The van der Waals surface area contributed by atoms with Gasteiger partial charge in [0.2, 0.25) is 0 Å². The summed E-state index contributed by atoms with van der Waals surface area (Å²) in [6.45, 7) is 6.14. The molecule has 0 saturated carbocycles. The lowest BCUT2D eigenvalue weighted by atomic mass is 9.93. The maximum absolute atomic E-state index is 13.3. The number of rotatable bonds is 8. The summed E-state index contributed by atoms with van der Waals surface area (Å²) < 4.78 is 16.6. The van der Waals surface area contributed by atoms with E-state index in [1.165, 1.54) is 26.2 Å². The number of aliphatic hydroxyl groups is 1. The van der Waals surface area contributed by atoms with Gasteiger partial charge in [0.25, 0.3) is 11.7 Å². The topological polar surface area (TPSA) is 85.3 Å². The number of hydrogen-bond donors (Lipinski definition) is 1. The summed E-state index contributed by atoms with van der Waals surface area (Å²) in [5.41, 5.74) is 2.65. The number of carbonyl (C=O) groups is 2. The maximum atomic E-state index is 13.3. The van der Waals surface area contributed by atoms with Crippen LogP contribution in [0.15, 0.2) is 35.9 Å². The Balaban J connectivity index is 2.34. The third-order valence-corrected chi connectivity index (χ3v) is 5.90. The summed E-state index contributed by atoms with van der Waals surface area (Å²) in [5, 5.41) is 11.5. The molecule has 7 nitrogen and oxygen atoms in total. The molecule has 0 radical (unpaired) electrons. The van der Waals surface area contributed by atoms with E-state index in [2.05, 4.69) is 0 Å². The highest BCUT2D eigenvalue weighted by atomic mass is 16.5. The van der Waals surface area contributed by atoms with Crippen molar-refractivity contribution in [2.45, 2.75) is 39.7 Å². The highest BCUT2D eigenvalue weighted by molar-refractivity contribution is 6.46. The molecule has 0 spiro atoms. The van der Waals surface area contributed by atoms with Crippen molar-refractivity contribution in [2.24, 2.45) is 0 Å². The van der Waals surface area contributed by atoms with Crippen LogP contribution in [0, 0.1) is 13.8 Å². The van der Waals surface area contributed by atoms with Crippen molar-refractivity contribution in [3.05, 3.63) is 58.2 Å². The SMILES string of the molecule is CCCCN1C(=O)C(=O)/C(=C(/O)c2cc(C)cc(C)c2OC)C1c1cccc(OC)c1OC. The summed E-state index contributed by atoms with van der Waals surface area (Å²) in [4.78, 5) is 27.9. The number of nitrogens with zero attached hydrogens (tertiary/aromatic N) is 1. The van der Waals surface area contributed by atoms with Crippen LogP contribution in [-0.4, -0.2) is 49.6 Å². The Kier molecular flexibility index (Phi) is 7.31. The smallest absolute Gasteiger partial charge is 0.295 e. The standard InChI is InChI=1S/C26H31NO6/c1-7-8-12-27-21(17-10-9-11-19(31-4)25(17)33-6)20(23(29)26(27)30)22(28)18-14-15(2)13-16(3)24(18)32-5/h9-11,13-14,21,28H,7-8,12H2,1-6H3/b22-20+. The Bertz CT molecular complexity index is 1100. The van der Waals surface area contributed by atoms with Gasteiger partial charge in [-0.2, -0.15) is 0 Å². The Labute approximate surface area is 194 Å². The van der Waals surface area contributed by atoms with E-state index < -0.39 is 17.7 Å². The molecule has 33 heavy (non-hydrogen) atoms. The molecule has 1 amide bonds. The van der Waals surface area contributed by atoms with Crippen molar-refractivity contribution < 1.29 is 28.9 Å². The predicted octanol–water partition coefficient (Wildman–Crippen LogP) is 4.55. The second-order valence-corrected chi connectivity index (χ2v) is 8.09. The number of aryl methyl sites for hydroxylation is 2. The Hall–Kier alpha value is -3.48. The second-order valence-electron chi connectivity index (χ2n) is 8.09. The van der Waals surface area contributed by atoms with E-state index in [1.54, 1.807) is 24.3 Å². The first-order valence-corrected chi connectivity index (χ1v) is 11.0. The number of ether oxygens (including phenoxy) is 3. The van der Waals surface area contributed by atoms with Crippen molar-refractivity contribution in [2.75, 3.05) is 27.9 Å². The largest absolute Gasteiger partial charge is 0.507 e. The summed E-state index contributed by atoms with van der Waals surface area (Å²) >= 11 is 0. The molecule has 2 aromatic rings. The molecule has 7 heteroatoms. The zero-order valence-electron chi connectivity index (χ0n) is 20.0. The van der Waals surface area contributed by atoms with Gasteiger partial charge in [-0.05, 0) is 43.5 Å². The van der Waals surface area contributed by atoms with Gasteiger partial charge in [0.15, 0.2) is 11.5 Å². The van der Waals surface area contributed by atoms with Crippen molar-refractivity contribution >= 4 is 17.4 Å². The van der Waals surface area contributed by atoms with Crippen molar-refractivity contribution in [1.29, 1.82) is 0 Å². The van der Waals surface area contributed by atoms with Crippen LogP contribution in [0.25, 0.3) is 5.76 Å². The number of para-hydroxylation sites is 1. The van der Waals surface area contributed by atoms with Crippen LogP contribution in [0.4, 0.5) is 0 Å². The average Bonchev–Trinajstić information content (AvgIpc) is 3.05. The third-order valence-electron chi connectivity index (χ3n) is 5.90. The molecule has 2 aromatic carbocycles. The Morgan fingerprint density at radius 1 is 1.03 bits per heavy atom. The van der Waals surface area contributed by atoms with Crippen molar-refractivity contribution in [1.82, 2.24) is 4.90 Å². The van der Waals surface area contributed by atoms with E-state index in [-0.39, 0.29) is 11.3 Å². The van der Waals surface area contributed by atoms with Crippen LogP contribution in [0.5, 0.6) is 17.2 Å². The number of benzene rings is 2. The molecule has 1 aliphatic heterocycles. The second kappa shape index (κ2) is 9.98. The fourth-order valence-corrected chi connectivity index (χ4v) is 4.44. The molecule has 0 aliphatic carbocycles. The summed E-state index contributed by atoms with van der Waals surface area (Å²) in [6.07, 6.45) is 1.55. The Morgan fingerprint density at radius 3 is 2.33 bits per heavy atom. The summed E-state index contributed by atoms with van der Waals surface area (Å²) in [5.74, 6) is -0.324. The van der Waals surface area contributed by atoms with Crippen molar-refractivity contribution in [3.63, 3.8) is 0 Å². The highest BCUT2D eigenvalue weighted by Gasteiger charge is 2.47. The van der Waals surface area contributed by atoms with Crippen LogP contribution < -0.4 is 14.2 Å². The maximum Gasteiger partial charge on any atom is 0.295 e. The molecule has 1 fully saturated rings. The van der Waals surface area contributed by atoms with E-state index in [0.29, 0.717) is 41.3 Å². The molecule has 1 saturated heterocycles. The highest BCUT2D eigenvalue weighted by Crippen LogP contribution is 2.46. The van der Waals surface area contributed by atoms with E-state index in [1.807, 2.05) is 26.8 Å². The fourth-order valence-electron chi connectivity index (χ4n) is 4.44. The minimum absolute atomic E-state index is 0.00551. The first-order valence-electron chi connectivity index (χ1n) is 11.0. The minimum atomic E-state index is -0.827. The lowest BCUT2D eigenvalue weighted by Crippen LogP contribution is -2.30. The van der Waals surface area contributed by atoms with E-state index in [4.69, 9.17) is 14.2 Å². The van der Waals surface area contributed by atoms with E-state index >= 15 is 0 Å². The van der Waals surface area contributed by atoms with Crippen LogP contribution in [0.1, 0.15) is 48.1 Å². The molecule has 0 bridgehead atoms. The molecular weight excluding hydrogens is 422 g/mol. The van der Waals surface area contributed by atoms with Gasteiger partial charge >= 0.3 is 0 Å². The average molecular weight is 454 g/mol. The summed E-state index contributed by atoms with van der Waals surface area (Å²) in [7, 11) is 4.54. The lowest BCUT2D eigenvalue weighted by Gasteiger charge is -2.27. The lowest BCUT2D eigenvalue weighted by molar-refractivity contribution is -0.139. The van der Waals surface area contributed by atoms with E-state index in [9.17, 15) is 14.7 Å². The van der Waals surface area contributed by atoms with Gasteiger partial charge in [0, 0.05) is 12.1 Å². The molecule has 1 heterocycles. The molecule has 0 aromatic heterocycles. The van der Waals surface area contributed by atoms with Gasteiger partial charge < -0.3 is 24.2 Å². The molecular formula is C26H31NO6. The van der Waals surface area contributed by atoms with Crippen LogP contribution >= 0.6 is 0 Å². The number of likely N-dealkylation sites (tertiary alicyclic amines) is 1. The molecule has 1 atom stereocenters. The number of ketones is 1. The van der Waals surface area contributed by atoms with Gasteiger partial charge in [-0.1, -0.05) is 31.5 Å². The number of hydrogen-bond acceptors (Lipinski definition) is 6. The number of Topliss-reactive ketones (excluding diaryl/α,β-unsaturated/α-hetero) is 1. The van der Waals surface area contributed by atoms with Crippen molar-refractivity contribution in [3.8, 4) is 17.2 Å². The zero-order chi connectivity index (χ0) is 24.3. The molecule has 1 N–H and O–H groups in total. The number of unbranched alkanes of at least 4 members (excludes halogenated alkanes) is 1. The number of aliphatic hydroxyl groups excluding tert-OH is 1. The molecule has 3 rings (SSSR count). The first-order chi connectivity index (χ1) is 15.8. The minimum Gasteiger partial charge on any atom is -0.507 e. The number of carbonyl (C=O) groups excluding carboxylic acids is 2. The van der Waals surface area contributed by atoms with Crippen LogP contribution in [0.2, 0.25) is 0 Å². The van der Waals surface area contributed by atoms with E-state index in [0.717, 1.165) is 17.5 Å². The molecule has 176 valence electrons. The quantitative estimate of drug-likeness (QED) is 0.359. The Morgan fingerprint density at radius 2 is 1.73 bits per heavy atom. The predicted molar refractivity (Wildman–Crippen MR) is 126 cm³/mol. The number of methoxy groups -OCH3 is 3. The van der Waals surface area contributed by atoms with Gasteiger partial charge in [0.05, 0.1) is 38.5 Å². The number of amides is 1. The van der Waals surface area contributed by atoms with Gasteiger partial charge in [0.1, 0.15) is 11.5 Å². The van der Waals surface area contributed by atoms with Gasteiger partial charge in [-0.3, -0.25) is 9.59 Å². The normalized spacial score (nSPS) is 17.4. The van der Waals surface area contributed by atoms with Crippen LogP contribution in [0.3, 0.4) is 0 Å². The fraction of sp³-hybridized carbons (Fsp3) is 0.385. The van der Waals surface area contributed by atoms with Gasteiger partial charge in [-0.15, -0.1) is 0 Å². The van der Waals surface area contributed by atoms with Crippen LogP contribution in [-0.2, 0) is 9.59 Å². The first kappa shape index (κ1) is 24.2. The van der Waals surface area contributed by atoms with Gasteiger partial charge in [-0.25, -0.2) is 0 Å².